The fourth-order valence-electron chi connectivity index (χ4n) is 10.4. The van der Waals surface area contributed by atoms with Crippen LogP contribution in [0.2, 0.25) is 0 Å². The summed E-state index contributed by atoms with van der Waals surface area (Å²) in [7, 11) is -2.54. The second kappa shape index (κ2) is 18.3. The third-order valence-corrected chi connectivity index (χ3v) is 15.9. The van der Waals surface area contributed by atoms with Gasteiger partial charge >= 0.3 is 6.09 Å². The Bertz CT molecular complexity index is 3040. The molecule has 4 fully saturated rings. The van der Waals surface area contributed by atoms with Gasteiger partial charge in [0.15, 0.2) is 11.9 Å². The van der Waals surface area contributed by atoms with Crippen LogP contribution in [0.3, 0.4) is 0 Å². The van der Waals surface area contributed by atoms with Crippen molar-refractivity contribution in [3.05, 3.63) is 118 Å². The summed E-state index contributed by atoms with van der Waals surface area (Å²) in [6, 6.07) is 20.6. The molecule has 1 saturated carbocycles. The molecule has 358 valence electrons. The van der Waals surface area contributed by atoms with Gasteiger partial charge in [0.1, 0.15) is 11.3 Å². The highest BCUT2D eigenvalue weighted by Crippen LogP contribution is 2.45. The van der Waals surface area contributed by atoms with Crippen LogP contribution in [0.1, 0.15) is 75.6 Å². The number of piperidine rings is 1. The number of piperazine rings is 1. The number of aromatic nitrogens is 4. The summed E-state index contributed by atoms with van der Waals surface area (Å²) in [6.45, 7) is 8.88. The second-order valence-electron chi connectivity index (χ2n) is 19.1. The average Bonchev–Trinajstić information content (AvgIpc) is 4.04. The van der Waals surface area contributed by atoms with Gasteiger partial charge in [0.25, 0.3) is 15.6 Å². The lowest BCUT2D eigenvalue weighted by molar-refractivity contribution is -0.197. The fourth-order valence-corrected chi connectivity index (χ4v) is 11.7. The van der Waals surface area contributed by atoms with Crippen molar-refractivity contribution in [1.82, 2.24) is 28.3 Å². The number of carbonyl (C=O) groups is 1. The number of benzene rings is 3. The SMILES string of the molecule is Cc1ccc(S(=O)(=O)n2ccc3c(-c4ccc5nc(N6CCC(N7C[C@@H](C)N(C(=O)O)C[C@@H]7C)CC6)nc(C(COC6CCCCO6)(OC6CC6)c6cccc(F)c6)c5c4)cn(C)c(=O)c32)cc1. The topological polar surface area (TPSA) is 162 Å². The Morgan fingerprint density at radius 2 is 1.71 bits per heavy atom. The van der Waals surface area contributed by atoms with Crippen molar-refractivity contribution >= 4 is 43.9 Å². The zero-order valence-corrected chi connectivity index (χ0v) is 39.7. The third-order valence-electron chi connectivity index (χ3n) is 14.2. The standard InChI is InChI=1S/C51H58FN7O8S/c1-32-11-16-40(17-12-32)68(63,64)59-24-21-41-43(30-55(4)48(60)46(41)59)35-13-18-44-42(26-35)47(51(67-39-14-15-39,36-8-7-9-37(52)27-36)31-66-45-10-5-6-25-65-45)54-49(53-44)56-22-19-38(20-23-56)57-28-34(3)58(50(61)62)29-33(57)2/h7-9,11-13,16-18,21,24,26-27,30,33-34,38-39,45H,5-6,10,14-15,19-20,22-23,25,28-29,31H2,1-4H3,(H,61,62)/t33-,34+,45?,51?/m0/s1. The molecule has 0 radical (unpaired) electrons. The highest BCUT2D eigenvalue weighted by atomic mass is 32.2. The molecule has 2 unspecified atom stereocenters. The Morgan fingerprint density at radius 1 is 0.926 bits per heavy atom. The number of nitrogens with zero attached hydrogens (tertiary/aromatic N) is 7. The van der Waals surface area contributed by atoms with E-state index in [-0.39, 0.29) is 41.2 Å². The molecule has 1 amide bonds. The first-order valence-corrected chi connectivity index (χ1v) is 25.2. The number of halogens is 1. The van der Waals surface area contributed by atoms with Crippen LogP contribution in [0.4, 0.5) is 15.1 Å². The molecule has 4 aliphatic rings. The first kappa shape index (κ1) is 46.0. The van der Waals surface area contributed by atoms with E-state index >= 15 is 4.39 Å². The van der Waals surface area contributed by atoms with Crippen molar-refractivity contribution in [2.75, 3.05) is 44.3 Å². The van der Waals surface area contributed by atoms with Gasteiger partial charge in [0.2, 0.25) is 5.95 Å². The minimum Gasteiger partial charge on any atom is -0.465 e. The number of ether oxygens (including phenoxy) is 3. The van der Waals surface area contributed by atoms with E-state index in [1.807, 2.05) is 38.1 Å². The van der Waals surface area contributed by atoms with Gasteiger partial charge in [-0.2, -0.15) is 0 Å². The van der Waals surface area contributed by atoms with Gasteiger partial charge in [-0.1, -0.05) is 35.9 Å². The van der Waals surface area contributed by atoms with E-state index in [0.717, 1.165) is 48.1 Å². The molecule has 3 saturated heterocycles. The minimum atomic E-state index is -4.15. The van der Waals surface area contributed by atoms with Gasteiger partial charge < -0.3 is 33.7 Å². The maximum atomic E-state index is 15.6. The van der Waals surface area contributed by atoms with E-state index in [2.05, 4.69) is 16.7 Å². The van der Waals surface area contributed by atoms with Crippen LogP contribution >= 0.6 is 0 Å². The molecule has 68 heavy (non-hydrogen) atoms. The highest BCUT2D eigenvalue weighted by molar-refractivity contribution is 7.90. The van der Waals surface area contributed by atoms with Crippen LogP contribution < -0.4 is 10.5 Å². The zero-order valence-electron chi connectivity index (χ0n) is 38.9. The van der Waals surface area contributed by atoms with Crippen molar-refractivity contribution < 1.29 is 36.9 Å². The van der Waals surface area contributed by atoms with Crippen molar-refractivity contribution in [3.63, 3.8) is 0 Å². The molecule has 17 heteroatoms. The molecular weight excluding hydrogens is 890 g/mol. The van der Waals surface area contributed by atoms with Crippen molar-refractivity contribution in [2.45, 2.75) is 107 Å². The van der Waals surface area contributed by atoms with Crippen LogP contribution in [0, 0.1) is 12.7 Å². The summed E-state index contributed by atoms with van der Waals surface area (Å²) < 4.78 is 66.2. The van der Waals surface area contributed by atoms with Crippen LogP contribution in [0.5, 0.6) is 0 Å². The van der Waals surface area contributed by atoms with Gasteiger partial charge in [-0.25, -0.2) is 31.5 Å². The molecule has 3 aromatic heterocycles. The molecule has 6 aromatic rings. The van der Waals surface area contributed by atoms with Gasteiger partial charge in [-0.3, -0.25) is 9.69 Å². The lowest BCUT2D eigenvalue weighted by Gasteiger charge is -2.48. The number of fused-ring (bicyclic) bond motifs is 2. The zero-order chi connectivity index (χ0) is 47.5. The molecule has 1 N–H and O–H groups in total. The summed E-state index contributed by atoms with van der Waals surface area (Å²) in [5, 5.41) is 10.9. The number of rotatable bonds is 12. The number of pyridine rings is 1. The monoisotopic (exact) mass is 947 g/mol. The van der Waals surface area contributed by atoms with E-state index in [1.165, 1.54) is 39.9 Å². The molecule has 3 aromatic carbocycles. The molecule has 3 aliphatic heterocycles. The first-order chi connectivity index (χ1) is 32.7. The van der Waals surface area contributed by atoms with Gasteiger partial charge in [0.05, 0.1) is 28.8 Å². The lowest BCUT2D eigenvalue weighted by Crippen LogP contribution is -2.61. The molecule has 0 spiro atoms. The van der Waals surface area contributed by atoms with Crippen LogP contribution in [0.15, 0.2) is 94.9 Å². The average molecular weight is 948 g/mol. The summed E-state index contributed by atoms with van der Waals surface area (Å²) in [6.07, 6.45) is 7.42. The van der Waals surface area contributed by atoms with E-state index < -0.39 is 39.4 Å². The Morgan fingerprint density at radius 3 is 2.41 bits per heavy atom. The molecule has 6 heterocycles. The third kappa shape index (κ3) is 8.67. The van der Waals surface area contributed by atoms with E-state index in [0.29, 0.717) is 83.8 Å². The Hall–Kier alpha value is -5.72. The van der Waals surface area contributed by atoms with E-state index in [4.69, 9.17) is 24.2 Å². The van der Waals surface area contributed by atoms with Gasteiger partial charge in [-0.05, 0) is 119 Å². The number of hydrogen-bond acceptors (Lipinski definition) is 11. The van der Waals surface area contributed by atoms with Crippen LogP contribution in [-0.2, 0) is 36.9 Å². The number of carboxylic acid groups (broad SMARTS) is 1. The molecular formula is C51H58FN7O8S. The Balaban J connectivity index is 1.11. The maximum absolute atomic E-state index is 15.6. The van der Waals surface area contributed by atoms with E-state index in [9.17, 15) is 23.1 Å². The number of amides is 1. The van der Waals surface area contributed by atoms with Gasteiger partial charge in [0, 0.05) is 86.7 Å². The minimum absolute atomic E-state index is 0.0144. The molecule has 1 aliphatic carbocycles. The van der Waals surface area contributed by atoms with E-state index in [1.54, 1.807) is 37.5 Å². The number of hydrogen-bond donors (Lipinski definition) is 1. The summed E-state index contributed by atoms with van der Waals surface area (Å²) in [5.41, 5.74) is 1.92. The summed E-state index contributed by atoms with van der Waals surface area (Å²) in [4.78, 5) is 42.8. The molecule has 4 atom stereocenters. The second-order valence-corrected chi connectivity index (χ2v) is 20.9. The molecule has 15 nitrogen and oxygen atoms in total. The summed E-state index contributed by atoms with van der Waals surface area (Å²) in [5.74, 6) is 0.0553. The first-order valence-electron chi connectivity index (χ1n) is 23.7. The normalized spacial score (nSPS) is 21.9. The maximum Gasteiger partial charge on any atom is 0.407 e. The Kier molecular flexibility index (Phi) is 12.4. The van der Waals surface area contributed by atoms with Crippen LogP contribution in [-0.4, -0.2) is 118 Å². The van der Waals surface area contributed by atoms with Crippen molar-refractivity contribution in [2.24, 2.45) is 7.05 Å². The smallest absolute Gasteiger partial charge is 0.407 e. The quantitative estimate of drug-likeness (QED) is 0.128. The largest absolute Gasteiger partial charge is 0.465 e. The highest BCUT2D eigenvalue weighted by Gasteiger charge is 2.46. The molecule has 0 bridgehead atoms. The predicted molar refractivity (Wildman–Crippen MR) is 256 cm³/mol. The van der Waals surface area contributed by atoms with Crippen LogP contribution in [0.25, 0.3) is 32.9 Å². The fraction of sp³-hybridized carbons (Fsp3) is 0.451. The molecule has 10 rings (SSSR count). The number of aryl methyl sites for hydroxylation is 2. The lowest BCUT2D eigenvalue weighted by atomic mass is 9.87. The number of anilines is 1. The Labute approximate surface area is 395 Å². The van der Waals surface area contributed by atoms with Gasteiger partial charge in [-0.15, -0.1) is 0 Å². The van der Waals surface area contributed by atoms with Crippen molar-refractivity contribution in [3.8, 4) is 11.1 Å². The summed E-state index contributed by atoms with van der Waals surface area (Å²) >= 11 is 0. The van der Waals surface area contributed by atoms with Crippen molar-refractivity contribution in [1.29, 1.82) is 0 Å². The predicted octanol–water partition coefficient (Wildman–Crippen LogP) is 7.64.